The summed E-state index contributed by atoms with van der Waals surface area (Å²) >= 11 is 3.36. The van der Waals surface area contributed by atoms with Gasteiger partial charge in [0.05, 0.1) is 20.8 Å². The summed E-state index contributed by atoms with van der Waals surface area (Å²) in [7, 11) is -4.08. The molecule has 12 heteroatoms. The van der Waals surface area contributed by atoms with E-state index in [0.29, 0.717) is 40.7 Å². The molecule has 38 heavy (non-hydrogen) atoms. The Morgan fingerprint density at radius 3 is 2.76 bits per heavy atom. The molecule has 0 amide bonds. The van der Waals surface area contributed by atoms with Gasteiger partial charge in [0.2, 0.25) is 5.78 Å². The first-order valence-corrected chi connectivity index (χ1v) is 14.2. The van der Waals surface area contributed by atoms with Crippen molar-refractivity contribution in [1.29, 1.82) is 0 Å². The Morgan fingerprint density at radius 1 is 1.29 bits per heavy atom. The number of fused-ring (bicyclic) bond motifs is 2. The van der Waals surface area contributed by atoms with Crippen LogP contribution in [0.15, 0.2) is 79.4 Å². The zero-order chi connectivity index (χ0) is 26.8. The third-order valence-corrected chi connectivity index (χ3v) is 9.65. The number of aliphatic imine (C=N–C) groups is 1. The first kappa shape index (κ1) is 24.6. The van der Waals surface area contributed by atoms with Crippen LogP contribution in [0.25, 0.3) is 10.4 Å². The van der Waals surface area contributed by atoms with Gasteiger partial charge in [-0.25, -0.2) is 12.4 Å². The Balaban J connectivity index is 1.59. The minimum atomic E-state index is -4.08. The van der Waals surface area contributed by atoms with Crippen LogP contribution in [0.1, 0.15) is 33.6 Å². The first-order valence-electron chi connectivity index (χ1n) is 12.0. The Hall–Kier alpha value is -3.73. The van der Waals surface area contributed by atoms with Gasteiger partial charge in [-0.2, -0.15) is 0 Å². The highest BCUT2D eigenvalue weighted by molar-refractivity contribution is 9.12. The lowest BCUT2D eigenvalue weighted by atomic mass is 9.64. The van der Waals surface area contributed by atoms with E-state index in [1.807, 2.05) is 6.92 Å². The number of nitrogens with zero attached hydrogens (tertiary/aromatic N) is 5. The lowest BCUT2D eigenvalue weighted by Crippen LogP contribution is -2.50. The van der Waals surface area contributed by atoms with Crippen LogP contribution in [0.2, 0.25) is 0 Å². The van der Waals surface area contributed by atoms with Crippen LogP contribution >= 0.6 is 15.9 Å². The second-order valence-corrected chi connectivity index (χ2v) is 12.4. The van der Waals surface area contributed by atoms with Crippen LogP contribution in [-0.2, 0) is 21.2 Å². The zero-order valence-corrected chi connectivity index (χ0v) is 22.6. The van der Waals surface area contributed by atoms with Crippen molar-refractivity contribution in [1.82, 2.24) is 9.29 Å². The highest BCUT2D eigenvalue weighted by Crippen LogP contribution is 2.49. The van der Waals surface area contributed by atoms with Gasteiger partial charge < -0.3 is 5.32 Å². The lowest BCUT2D eigenvalue weighted by Gasteiger charge is -2.44. The molecular weight excluding hydrogens is 572 g/mol. The molecule has 6 rings (SSSR count). The molecule has 2 atom stereocenters. The van der Waals surface area contributed by atoms with Gasteiger partial charge in [-0.15, -0.1) is 0 Å². The van der Waals surface area contributed by atoms with Crippen molar-refractivity contribution in [2.75, 3.05) is 13.1 Å². The fourth-order valence-corrected chi connectivity index (χ4v) is 7.60. The van der Waals surface area contributed by atoms with Gasteiger partial charge in [0, 0.05) is 46.8 Å². The zero-order valence-electron chi connectivity index (χ0n) is 20.2. The monoisotopic (exact) mass is 592 g/mol. The average molecular weight is 593 g/mol. The Morgan fingerprint density at radius 2 is 2.05 bits per heavy atom. The molecule has 192 valence electrons. The highest BCUT2D eigenvalue weighted by Gasteiger charge is 2.50. The van der Waals surface area contributed by atoms with Crippen molar-refractivity contribution >= 4 is 43.2 Å². The van der Waals surface area contributed by atoms with Crippen LogP contribution in [0, 0.1) is 12.3 Å². The van der Waals surface area contributed by atoms with Crippen molar-refractivity contribution in [2.45, 2.75) is 30.7 Å². The maximum Gasteiger partial charge on any atom is 0.268 e. The number of rotatable bonds is 4. The largest absolute Gasteiger partial charge is 0.379 e. The first-order chi connectivity index (χ1) is 18.2. The van der Waals surface area contributed by atoms with Gasteiger partial charge in [0.1, 0.15) is 5.69 Å². The van der Waals surface area contributed by atoms with Gasteiger partial charge >= 0.3 is 0 Å². The van der Waals surface area contributed by atoms with Gasteiger partial charge in [-0.3, -0.25) is 14.6 Å². The molecule has 10 nitrogen and oxygen atoms in total. The second-order valence-electron chi connectivity index (χ2n) is 9.74. The summed E-state index contributed by atoms with van der Waals surface area (Å²) < 4.78 is 29.0. The number of ketones is 2. The van der Waals surface area contributed by atoms with E-state index in [-0.39, 0.29) is 28.6 Å². The summed E-state index contributed by atoms with van der Waals surface area (Å²) in [4.78, 5) is 34.3. The highest BCUT2D eigenvalue weighted by atomic mass is 79.9. The summed E-state index contributed by atoms with van der Waals surface area (Å²) in [6.45, 7) is 2.35. The van der Waals surface area contributed by atoms with E-state index in [0.717, 1.165) is 15.1 Å². The number of azide groups is 1. The van der Waals surface area contributed by atoms with Crippen LogP contribution < -0.4 is 5.32 Å². The third-order valence-electron chi connectivity index (χ3n) is 7.36. The van der Waals surface area contributed by atoms with Crippen molar-refractivity contribution in [3.05, 3.63) is 97.3 Å². The molecule has 3 heterocycles. The van der Waals surface area contributed by atoms with E-state index >= 15 is 0 Å². The van der Waals surface area contributed by atoms with Crippen LogP contribution in [-0.4, -0.2) is 48.8 Å². The number of halogens is 1. The summed E-state index contributed by atoms with van der Waals surface area (Å²) in [5.41, 5.74) is 11.6. The van der Waals surface area contributed by atoms with E-state index in [9.17, 15) is 18.0 Å². The molecule has 0 radical (unpaired) electrons. The molecular formula is C26H21BrN6O4S. The molecule has 4 aliphatic rings. The number of carbonyl (C=O) groups is 2. The Kier molecular flexibility index (Phi) is 5.60. The molecule has 1 aromatic heterocycles. The molecule has 0 fully saturated rings. The maximum absolute atomic E-state index is 14.2. The van der Waals surface area contributed by atoms with Gasteiger partial charge in [-0.05, 0) is 65.0 Å². The number of benzene rings is 1. The van der Waals surface area contributed by atoms with E-state index < -0.39 is 27.3 Å². The number of nitrogens with one attached hydrogen (secondary N) is 1. The van der Waals surface area contributed by atoms with Crippen molar-refractivity contribution in [3.63, 3.8) is 0 Å². The molecule has 1 aromatic carbocycles. The fourth-order valence-electron chi connectivity index (χ4n) is 5.67. The Labute approximate surface area is 226 Å². The van der Waals surface area contributed by atoms with E-state index in [2.05, 4.69) is 31.3 Å². The molecule has 1 spiro atoms. The summed E-state index contributed by atoms with van der Waals surface area (Å²) in [5, 5.41) is 6.92. The molecule has 2 aliphatic carbocycles. The van der Waals surface area contributed by atoms with E-state index in [1.165, 1.54) is 24.4 Å². The summed E-state index contributed by atoms with van der Waals surface area (Å²) in [6, 6.07) is 6.04. The minimum Gasteiger partial charge on any atom is -0.379 e. The van der Waals surface area contributed by atoms with Gasteiger partial charge in [0.25, 0.3) is 10.0 Å². The fraction of sp³-hybridized carbons (Fsp3) is 0.269. The van der Waals surface area contributed by atoms with Crippen molar-refractivity contribution < 1.29 is 18.0 Å². The molecule has 2 aliphatic heterocycles. The smallest absolute Gasteiger partial charge is 0.268 e. The van der Waals surface area contributed by atoms with Gasteiger partial charge in [-0.1, -0.05) is 35.0 Å². The molecule has 0 bridgehead atoms. The van der Waals surface area contributed by atoms with Crippen LogP contribution in [0.5, 0.6) is 0 Å². The number of Topliss-reactive ketones (excluding diaryl/α,β-unsaturated/α-hetero) is 1. The quantitative estimate of drug-likeness (QED) is 0.325. The summed E-state index contributed by atoms with van der Waals surface area (Å²) in [5.74, 6) is -0.690. The minimum absolute atomic E-state index is 0.0313. The molecule has 0 saturated heterocycles. The number of allylic oxidation sites excluding steroid dienone is 6. The number of hydrogen-bond acceptors (Lipinski definition) is 7. The van der Waals surface area contributed by atoms with E-state index in [1.54, 1.807) is 24.3 Å². The SMILES string of the molecule is Cc1ccc(S(=O)(=O)n2cc3c4c2C(=O)C2=C(C4=NCC3)[C@]3(C=CC(=O)C(Br)=C3)C[C@@H](CN=[N+]=[N-])N2)cc1. The maximum atomic E-state index is 14.2. The molecule has 0 saturated carbocycles. The number of hydrogen-bond donors (Lipinski definition) is 1. The molecule has 1 N–H and O–H groups in total. The average Bonchev–Trinajstić information content (AvgIpc) is 3.30. The van der Waals surface area contributed by atoms with Crippen LogP contribution in [0.3, 0.4) is 0 Å². The Bertz CT molecular complexity index is 1720. The predicted molar refractivity (Wildman–Crippen MR) is 144 cm³/mol. The van der Waals surface area contributed by atoms with Crippen LogP contribution in [0.4, 0.5) is 0 Å². The predicted octanol–water partition coefficient (Wildman–Crippen LogP) is 3.91. The number of carbonyl (C=O) groups excluding carboxylic acids is 2. The normalized spacial score (nSPS) is 23.8. The topological polar surface area (TPSA) is 146 Å². The third kappa shape index (κ3) is 3.55. The molecule has 0 unspecified atom stereocenters. The standard InChI is InChI=1S/C26H21BrN6O4S/c1-14-2-4-17(5-3-14)38(36,37)33-13-15-7-9-29-22-20(15)24(33)25(35)23-21(22)26(8-6-19(34)18(27)11-26)10-16(31-23)12-30-32-28/h2-6,8,11,13,16,31H,7,9-10,12H2,1H3/t16-,26+/m0/s1. The number of aryl methyl sites for hydroxylation is 1. The van der Waals surface area contributed by atoms with E-state index in [4.69, 9.17) is 10.5 Å². The lowest BCUT2D eigenvalue weighted by molar-refractivity contribution is -0.110. The number of aromatic nitrogens is 1. The summed E-state index contributed by atoms with van der Waals surface area (Å²) in [6.07, 6.45) is 7.41. The second kappa shape index (κ2) is 8.65. The van der Waals surface area contributed by atoms with Crippen molar-refractivity contribution in [2.24, 2.45) is 15.5 Å². The van der Waals surface area contributed by atoms with Gasteiger partial charge in [0.15, 0.2) is 5.78 Å². The molecule has 2 aromatic rings. The van der Waals surface area contributed by atoms with Crippen molar-refractivity contribution in [3.8, 4) is 0 Å².